The van der Waals surface area contributed by atoms with Crippen LogP contribution >= 0.6 is 27.5 Å². The molecule has 0 amide bonds. The monoisotopic (exact) mass is 344 g/mol. The Morgan fingerprint density at radius 3 is 2.42 bits per heavy atom. The largest absolute Gasteiger partial charge is 0.329 e. The fourth-order valence-corrected chi connectivity index (χ4v) is 3.45. The minimum absolute atomic E-state index is 0.239. The molecule has 1 aromatic rings. The highest BCUT2D eigenvalue weighted by atomic mass is 79.9. The van der Waals surface area contributed by atoms with E-state index in [4.69, 9.17) is 17.3 Å². The van der Waals surface area contributed by atoms with Crippen LogP contribution in [0.3, 0.4) is 0 Å². The lowest BCUT2D eigenvalue weighted by molar-refractivity contribution is 0.183. The molecule has 19 heavy (non-hydrogen) atoms. The Morgan fingerprint density at radius 1 is 1.16 bits per heavy atom. The summed E-state index contributed by atoms with van der Waals surface area (Å²) in [6.07, 6.45) is 6.57. The number of hydrogen-bond acceptors (Lipinski definition) is 2. The van der Waals surface area contributed by atoms with E-state index in [2.05, 4.69) is 26.9 Å². The van der Waals surface area contributed by atoms with Crippen molar-refractivity contribution < 1.29 is 0 Å². The molecule has 0 spiro atoms. The molecule has 0 saturated carbocycles. The van der Waals surface area contributed by atoms with E-state index >= 15 is 0 Å². The van der Waals surface area contributed by atoms with Gasteiger partial charge in [0, 0.05) is 22.1 Å². The molecule has 1 saturated heterocycles. The van der Waals surface area contributed by atoms with Crippen LogP contribution in [-0.2, 0) is 0 Å². The smallest absolute Gasteiger partial charge is 0.0485 e. The van der Waals surface area contributed by atoms with Gasteiger partial charge in [0.2, 0.25) is 0 Å². The molecule has 2 N–H and O–H groups in total. The summed E-state index contributed by atoms with van der Waals surface area (Å²) in [6, 6.07) is 6.28. The fraction of sp³-hybridized carbons (Fsp3) is 0.600. The first-order chi connectivity index (χ1) is 9.22. The zero-order chi connectivity index (χ0) is 13.7. The third kappa shape index (κ3) is 4.19. The van der Waals surface area contributed by atoms with Crippen LogP contribution in [0.2, 0.25) is 5.02 Å². The molecule has 106 valence electrons. The van der Waals surface area contributed by atoms with Gasteiger partial charge in [0.05, 0.1) is 0 Å². The predicted molar refractivity (Wildman–Crippen MR) is 85.6 cm³/mol. The number of benzene rings is 1. The number of halogens is 2. The predicted octanol–water partition coefficient (Wildman–Crippen LogP) is 4.37. The quantitative estimate of drug-likeness (QED) is 0.881. The molecular weight excluding hydrogens is 324 g/mol. The Morgan fingerprint density at radius 2 is 1.79 bits per heavy atom. The van der Waals surface area contributed by atoms with Gasteiger partial charge in [-0.05, 0) is 49.7 Å². The van der Waals surface area contributed by atoms with Crippen LogP contribution in [0.1, 0.15) is 43.7 Å². The average molecular weight is 346 g/mol. The summed E-state index contributed by atoms with van der Waals surface area (Å²) in [4.78, 5) is 2.51. The first-order valence-electron chi connectivity index (χ1n) is 7.11. The minimum Gasteiger partial charge on any atom is -0.329 e. The second-order valence-corrected chi connectivity index (χ2v) is 6.54. The molecule has 0 radical (unpaired) electrons. The van der Waals surface area contributed by atoms with Crippen molar-refractivity contribution in [3.8, 4) is 0 Å². The first kappa shape index (κ1) is 15.3. The molecule has 2 nitrogen and oxygen atoms in total. The van der Waals surface area contributed by atoms with Gasteiger partial charge < -0.3 is 5.73 Å². The first-order valence-corrected chi connectivity index (χ1v) is 8.28. The van der Waals surface area contributed by atoms with Crippen LogP contribution in [0.5, 0.6) is 0 Å². The van der Waals surface area contributed by atoms with Gasteiger partial charge >= 0.3 is 0 Å². The van der Waals surface area contributed by atoms with Gasteiger partial charge in [-0.3, -0.25) is 4.90 Å². The molecule has 1 aliphatic heterocycles. The van der Waals surface area contributed by atoms with Gasteiger partial charge in [-0.15, -0.1) is 0 Å². The molecule has 0 aromatic heterocycles. The number of likely N-dealkylation sites (tertiary alicyclic amines) is 1. The molecule has 0 bridgehead atoms. The van der Waals surface area contributed by atoms with E-state index in [1.165, 1.54) is 32.1 Å². The van der Waals surface area contributed by atoms with Crippen molar-refractivity contribution in [2.45, 2.75) is 38.1 Å². The fourth-order valence-electron chi connectivity index (χ4n) is 2.83. The van der Waals surface area contributed by atoms with E-state index in [1.54, 1.807) is 0 Å². The van der Waals surface area contributed by atoms with Crippen molar-refractivity contribution in [2.75, 3.05) is 19.6 Å². The number of rotatable bonds is 3. The summed E-state index contributed by atoms with van der Waals surface area (Å²) < 4.78 is 1.07. The van der Waals surface area contributed by atoms with Gasteiger partial charge in [0.25, 0.3) is 0 Å². The third-order valence-electron chi connectivity index (χ3n) is 3.87. The van der Waals surface area contributed by atoms with Crippen LogP contribution in [0, 0.1) is 0 Å². The standard InChI is InChI=1S/C15H22BrClN2/c16-12-6-7-14(17)13(10-12)15(11-18)19-8-4-2-1-3-5-9-19/h6-7,10,15H,1-5,8-9,11,18H2. The van der Waals surface area contributed by atoms with E-state index in [1.807, 2.05) is 12.1 Å². The molecule has 1 heterocycles. The van der Waals surface area contributed by atoms with Gasteiger partial charge in [0.1, 0.15) is 0 Å². The van der Waals surface area contributed by atoms with Crippen molar-refractivity contribution in [1.29, 1.82) is 0 Å². The average Bonchev–Trinajstić information content (AvgIpc) is 2.36. The zero-order valence-electron chi connectivity index (χ0n) is 11.2. The Bertz CT molecular complexity index is 403. The summed E-state index contributed by atoms with van der Waals surface area (Å²) in [5.41, 5.74) is 7.18. The molecule has 1 aliphatic rings. The number of nitrogens with zero attached hydrogens (tertiary/aromatic N) is 1. The Labute approximate surface area is 129 Å². The summed E-state index contributed by atoms with van der Waals surface area (Å²) >= 11 is 9.89. The molecular formula is C15H22BrClN2. The van der Waals surface area contributed by atoms with Crippen molar-refractivity contribution in [3.05, 3.63) is 33.3 Å². The van der Waals surface area contributed by atoms with Crippen LogP contribution in [-0.4, -0.2) is 24.5 Å². The molecule has 2 rings (SSSR count). The lowest BCUT2D eigenvalue weighted by Gasteiger charge is -2.33. The maximum atomic E-state index is 6.36. The van der Waals surface area contributed by atoms with E-state index in [-0.39, 0.29) is 6.04 Å². The molecule has 1 fully saturated rings. The highest BCUT2D eigenvalue weighted by Crippen LogP contribution is 2.30. The Kier molecular flexibility index (Phi) is 6.14. The van der Waals surface area contributed by atoms with Crippen LogP contribution < -0.4 is 5.73 Å². The van der Waals surface area contributed by atoms with Crippen molar-refractivity contribution in [1.82, 2.24) is 4.90 Å². The summed E-state index contributed by atoms with van der Waals surface area (Å²) in [5.74, 6) is 0. The topological polar surface area (TPSA) is 29.3 Å². The Balaban J connectivity index is 2.19. The van der Waals surface area contributed by atoms with Crippen LogP contribution in [0.4, 0.5) is 0 Å². The summed E-state index contributed by atoms with van der Waals surface area (Å²) in [6.45, 7) is 2.88. The van der Waals surface area contributed by atoms with Crippen molar-refractivity contribution in [3.63, 3.8) is 0 Å². The van der Waals surface area contributed by atoms with E-state index < -0.39 is 0 Å². The molecule has 1 atom stereocenters. The summed E-state index contributed by atoms with van der Waals surface area (Å²) in [7, 11) is 0. The second-order valence-electron chi connectivity index (χ2n) is 5.22. The van der Waals surface area contributed by atoms with Crippen LogP contribution in [0.25, 0.3) is 0 Å². The summed E-state index contributed by atoms with van der Waals surface area (Å²) in [5, 5.41) is 0.820. The molecule has 1 unspecified atom stereocenters. The molecule has 1 aromatic carbocycles. The molecule has 0 aliphatic carbocycles. The maximum absolute atomic E-state index is 6.36. The highest BCUT2D eigenvalue weighted by molar-refractivity contribution is 9.10. The van der Waals surface area contributed by atoms with E-state index in [0.29, 0.717) is 6.54 Å². The second kappa shape index (κ2) is 7.63. The van der Waals surface area contributed by atoms with Gasteiger partial charge in [-0.1, -0.05) is 46.8 Å². The van der Waals surface area contributed by atoms with Gasteiger partial charge in [-0.2, -0.15) is 0 Å². The SMILES string of the molecule is NCC(c1cc(Br)ccc1Cl)N1CCCCCCC1. The normalized spacial score (nSPS) is 19.7. The van der Waals surface area contributed by atoms with Crippen molar-refractivity contribution in [2.24, 2.45) is 5.73 Å². The van der Waals surface area contributed by atoms with Crippen molar-refractivity contribution >= 4 is 27.5 Å². The molecule has 4 heteroatoms. The lowest BCUT2D eigenvalue weighted by Crippen LogP contribution is -2.36. The third-order valence-corrected chi connectivity index (χ3v) is 4.71. The Hall–Kier alpha value is -0.0900. The number of hydrogen-bond donors (Lipinski definition) is 1. The lowest BCUT2D eigenvalue weighted by atomic mass is 10.0. The van der Waals surface area contributed by atoms with Gasteiger partial charge in [-0.25, -0.2) is 0 Å². The maximum Gasteiger partial charge on any atom is 0.0485 e. The highest BCUT2D eigenvalue weighted by Gasteiger charge is 2.21. The van der Waals surface area contributed by atoms with Gasteiger partial charge in [0.15, 0.2) is 0 Å². The number of nitrogens with two attached hydrogens (primary N) is 1. The minimum atomic E-state index is 0.239. The van der Waals surface area contributed by atoms with E-state index in [0.717, 1.165) is 28.1 Å². The zero-order valence-corrected chi connectivity index (χ0v) is 13.6. The van der Waals surface area contributed by atoms with Crippen LogP contribution in [0.15, 0.2) is 22.7 Å². The van der Waals surface area contributed by atoms with E-state index in [9.17, 15) is 0 Å².